The normalized spacial score (nSPS) is 17.9. The lowest BCUT2D eigenvalue weighted by Gasteiger charge is -2.00. The number of rotatable bonds is 3. The van der Waals surface area contributed by atoms with Crippen LogP contribution in [0.5, 0.6) is 0 Å². The molecule has 0 aromatic carbocycles. The molecule has 0 saturated heterocycles. The highest BCUT2D eigenvalue weighted by Crippen LogP contribution is 1.97. The molecule has 0 amide bonds. The molecule has 4 heteroatoms. The minimum absolute atomic E-state index is 0.392. The molecule has 8 heavy (non-hydrogen) atoms. The van der Waals surface area contributed by atoms with Gasteiger partial charge < -0.3 is 9.66 Å². The van der Waals surface area contributed by atoms with E-state index in [4.69, 9.17) is 9.66 Å². The molecule has 0 aliphatic rings. The summed E-state index contributed by atoms with van der Waals surface area (Å²) in [6, 6.07) is 0. The Bertz CT molecular complexity index is 83.4. The summed E-state index contributed by atoms with van der Waals surface area (Å²) in [5, 5.41) is 8.58. The lowest BCUT2D eigenvalue weighted by Crippen LogP contribution is -2.11. The van der Waals surface area contributed by atoms with Gasteiger partial charge in [0.25, 0.3) is 0 Å². The van der Waals surface area contributed by atoms with E-state index in [-0.39, 0.29) is 0 Å². The van der Waals surface area contributed by atoms with Crippen molar-refractivity contribution in [3.8, 4) is 0 Å². The number of aliphatic hydroxyl groups excluding tert-OH is 1. The molecule has 2 atom stereocenters. The van der Waals surface area contributed by atoms with Crippen LogP contribution in [0.15, 0.2) is 0 Å². The first kappa shape index (κ1) is 8.07. The summed E-state index contributed by atoms with van der Waals surface area (Å²) in [5.74, 6) is 0. The first-order valence-corrected chi connectivity index (χ1v) is 3.63. The highest BCUT2D eigenvalue weighted by atomic mass is 32.2. The molecule has 0 aliphatic heterocycles. The maximum absolute atomic E-state index is 9.95. The Balaban J connectivity index is 3.32. The van der Waals surface area contributed by atoms with Crippen LogP contribution in [0, 0.1) is 0 Å². The second kappa shape index (κ2) is 4.00. The van der Waals surface area contributed by atoms with E-state index in [1.807, 2.05) is 6.92 Å². The van der Waals surface area contributed by atoms with Gasteiger partial charge in [0.2, 0.25) is 0 Å². The van der Waals surface area contributed by atoms with Crippen molar-refractivity contribution in [1.29, 1.82) is 0 Å². The van der Waals surface area contributed by atoms with Gasteiger partial charge in [-0.25, -0.2) is 4.21 Å². The van der Waals surface area contributed by atoms with E-state index in [0.717, 1.165) is 6.42 Å². The molecule has 0 bridgehead atoms. The Morgan fingerprint density at radius 3 is 2.38 bits per heavy atom. The van der Waals surface area contributed by atoms with Crippen molar-refractivity contribution in [1.82, 2.24) is 0 Å². The predicted octanol–water partition coefficient (Wildman–Crippen LogP) is 0.327. The fraction of sp³-hybridized carbons (Fsp3) is 1.00. The molecule has 0 fully saturated rings. The second-order valence-electron chi connectivity index (χ2n) is 1.52. The molecule has 0 radical (unpaired) electrons. The molecule has 50 valence electrons. The van der Waals surface area contributed by atoms with Crippen LogP contribution in [0.25, 0.3) is 0 Å². The molecule has 0 saturated carbocycles. The van der Waals surface area contributed by atoms with Gasteiger partial charge >= 0.3 is 0 Å². The van der Waals surface area contributed by atoms with Crippen molar-refractivity contribution in [3.63, 3.8) is 0 Å². The molecule has 2 unspecified atom stereocenters. The van der Waals surface area contributed by atoms with Gasteiger partial charge in [-0.3, -0.25) is 0 Å². The van der Waals surface area contributed by atoms with Gasteiger partial charge in [0.1, 0.15) is 0 Å². The molecule has 0 aromatic heterocycles. The van der Waals surface area contributed by atoms with Crippen LogP contribution in [-0.2, 0) is 11.1 Å². The van der Waals surface area contributed by atoms with Crippen LogP contribution < -0.4 is 0 Å². The van der Waals surface area contributed by atoms with E-state index in [1.54, 1.807) is 0 Å². The Kier molecular flexibility index (Phi) is 4.03. The highest BCUT2D eigenvalue weighted by Gasteiger charge is 2.06. The van der Waals surface area contributed by atoms with Gasteiger partial charge in [-0.05, 0) is 6.42 Å². The SMILES string of the molecule is CCCC(O)S(=O)O. The Morgan fingerprint density at radius 2 is 2.25 bits per heavy atom. The third-order valence-electron chi connectivity index (χ3n) is 0.768. The zero-order valence-corrected chi connectivity index (χ0v) is 5.52. The van der Waals surface area contributed by atoms with Crippen molar-refractivity contribution >= 4 is 11.1 Å². The van der Waals surface area contributed by atoms with E-state index < -0.39 is 16.5 Å². The molecule has 3 nitrogen and oxygen atoms in total. The van der Waals surface area contributed by atoms with Gasteiger partial charge in [0.05, 0.1) is 0 Å². The smallest absolute Gasteiger partial charge is 0.182 e. The molecular weight excluding hydrogens is 128 g/mol. The van der Waals surface area contributed by atoms with Crippen LogP contribution in [0.4, 0.5) is 0 Å². The van der Waals surface area contributed by atoms with Crippen molar-refractivity contribution in [2.75, 3.05) is 0 Å². The van der Waals surface area contributed by atoms with Crippen molar-refractivity contribution in [2.24, 2.45) is 0 Å². The Labute approximate surface area is 51.0 Å². The zero-order valence-electron chi connectivity index (χ0n) is 4.70. The minimum atomic E-state index is -2.05. The average molecular weight is 138 g/mol. The summed E-state index contributed by atoms with van der Waals surface area (Å²) in [6.07, 6.45) is 1.12. The molecule has 2 N–H and O–H groups in total. The van der Waals surface area contributed by atoms with E-state index in [0.29, 0.717) is 6.42 Å². The molecular formula is C4H10O3S. The fourth-order valence-electron chi connectivity index (χ4n) is 0.348. The van der Waals surface area contributed by atoms with Crippen LogP contribution in [0.2, 0.25) is 0 Å². The minimum Gasteiger partial charge on any atom is -0.377 e. The third-order valence-corrected chi connectivity index (χ3v) is 1.47. The van der Waals surface area contributed by atoms with Gasteiger partial charge in [-0.1, -0.05) is 13.3 Å². The Hall–Kier alpha value is 0.0700. The molecule has 0 spiro atoms. The summed E-state index contributed by atoms with van der Waals surface area (Å²) >= 11 is -2.05. The molecule has 0 aliphatic carbocycles. The molecule has 0 heterocycles. The summed E-state index contributed by atoms with van der Waals surface area (Å²) in [5.41, 5.74) is -1.06. The third kappa shape index (κ3) is 3.12. The number of aliphatic hydroxyl groups is 1. The van der Waals surface area contributed by atoms with Gasteiger partial charge in [0.15, 0.2) is 16.5 Å². The van der Waals surface area contributed by atoms with Crippen LogP contribution in [-0.4, -0.2) is 19.3 Å². The van der Waals surface area contributed by atoms with Crippen molar-refractivity contribution < 1.29 is 13.9 Å². The van der Waals surface area contributed by atoms with E-state index in [1.165, 1.54) is 0 Å². The zero-order chi connectivity index (χ0) is 6.57. The quantitative estimate of drug-likeness (QED) is 0.552. The maximum Gasteiger partial charge on any atom is 0.182 e. The highest BCUT2D eigenvalue weighted by molar-refractivity contribution is 7.79. The van der Waals surface area contributed by atoms with Gasteiger partial charge in [-0.15, -0.1) is 0 Å². The number of hydrogen-bond acceptors (Lipinski definition) is 2. The first-order valence-electron chi connectivity index (χ1n) is 2.46. The molecule has 0 rings (SSSR count). The average Bonchev–Trinajstić information content (AvgIpc) is 1.67. The Morgan fingerprint density at radius 1 is 1.75 bits per heavy atom. The fourth-order valence-corrected chi connectivity index (χ4v) is 0.785. The van der Waals surface area contributed by atoms with E-state index in [2.05, 4.69) is 0 Å². The maximum atomic E-state index is 9.95. The van der Waals surface area contributed by atoms with Crippen LogP contribution in [0.3, 0.4) is 0 Å². The summed E-state index contributed by atoms with van der Waals surface area (Å²) in [6.45, 7) is 1.84. The lowest BCUT2D eigenvalue weighted by atomic mass is 10.4. The largest absolute Gasteiger partial charge is 0.377 e. The van der Waals surface area contributed by atoms with E-state index >= 15 is 0 Å². The van der Waals surface area contributed by atoms with Crippen LogP contribution >= 0.6 is 0 Å². The lowest BCUT2D eigenvalue weighted by molar-refractivity contribution is 0.234. The van der Waals surface area contributed by atoms with Gasteiger partial charge in [0, 0.05) is 0 Å². The van der Waals surface area contributed by atoms with Gasteiger partial charge in [-0.2, -0.15) is 0 Å². The number of hydrogen-bond donors (Lipinski definition) is 2. The van der Waals surface area contributed by atoms with E-state index in [9.17, 15) is 4.21 Å². The second-order valence-corrected chi connectivity index (χ2v) is 2.62. The first-order chi connectivity index (χ1) is 3.68. The predicted molar refractivity (Wildman–Crippen MR) is 31.7 cm³/mol. The summed E-state index contributed by atoms with van der Waals surface area (Å²) in [7, 11) is 0. The van der Waals surface area contributed by atoms with Crippen molar-refractivity contribution in [3.05, 3.63) is 0 Å². The summed E-state index contributed by atoms with van der Waals surface area (Å²) in [4.78, 5) is 0. The van der Waals surface area contributed by atoms with Crippen molar-refractivity contribution in [2.45, 2.75) is 25.2 Å². The standard InChI is InChI=1S/C4H10O3S/c1-2-3-4(5)8(6)7/h4-5H,2-3H2,1H3,(H,6,7). The summed E-state index contributed by atoms with van der Waals surface area (Å²) < 4.78 is 18.1. The topological polar surface area (TPSA) is 57.5 Å². The monoisotopic (exact) mass is 138 g/mol. The van der Waals surface area contributed by atoms with Crippen LogP contribution in [0.1, 0.15) is 19.8 Å². The molecule has 0 aromatic rings.